The van der Waals surface area contributed by atoms with Crippen LogP contribution in [0.3, 0.4) is 0 Å². The van der Waals surface area contributed by atoms with E-state index in [1.807, 2.05) is 23.1 Å². The number of rotatable bonds is 5. The molecule has 0 aliphatic carbocycles. The van der Waals surface area contributed by atoms with Crippen LogP contribution in [-0.2, 0) is 11.2 Å². The van der Waals surface area contributed by atoms with Crippen molar-refractivity contribution in [2.24, 2.45) is 0 Å². The lowest BCUT2D eigenvalue weighted by atomic mass is 10.2. The predicted molar refractivity (Wildman–Crippen MR) is 113 cm³/mol. The monoisotopic (exact) mass is 430 g/mol. The molecule has 0 bridgehead atoms. The zero-order valence-corrected chi connectivity index (χ0v) is 17.0. The number of fused-ring (bicyclic) bond motifs is 1. The van der Waals surface area contributed by atoms with Crippen molar-refractivity contribution in [3.05, 3.63) is 64.7 Å². The Kier molecular flexibility index (Phi) is 5.61. The second-order valence-corrected chi connectivity index (χ2v) is 8.68. The second kappa shape index (κ2) is 8.30. The molecule has 1 aromatic heterocycles. The summed E-state index contributed by atoms with van der Waals surface area (Å²) in [4.78, 5) is 26.6. The van der Waals surface area contributed by atoms with E-state index < -0.39 is 0 Å². The van der Waals surface area contributed by atoms with Gasteiger partial charge in [0.15, 0.2) is 4.34 Å². The minimum Gasteiger partial charge on any atom is -0.311 e. The molecule has 0 atom stereocenters. The number of para-hydroxylation sites is 1. The summed E-state index contributed by atoms with van der Waals surface area (Å²) in [6, 6.07) is 14.5. The van der Waals surface area contributed by atoms with E-state index in [0.29, 0.717) is 26.6 Å². The summed E-state index contributed by atoms with van der Waals surface area (Å²) >= 11 is 8.39. The van der Waals surface area contributed by atoms with Crippen LogP contribution in [0.25, 0.3) is 0 Å². The van der Waals surface area contributed by atoms with E-state index in [-0.39, 0.29) is 17.6 Å². The van der Waals surface area contributed by atoms with Gasteiger partial charge in [-0.25, -0.2) is 0 Å². The number of aromatic nitrogens is 2. The first-order valence-corrected chi connectivity index (χ1v) is 10.7. The first-order valence-electron chi connectivity index (χ1n) is 8.51. The van der Waals surface area contributed by atoms with Gasteiger partial charge >= 0.3 is 0 Å². The maximum atomic E-state index is 12.6. The van der Waals surface area contributed by atoms with Crippen LogP contribution in [0, 0.1) is 0 Å². The Morgan fingerprint density at radius 1 is 1.14 bits per heavy atom. The number of thioether (sulfide) groups is 1. The summed E-state index contributed by atoms with van der Waals surface area (Å²) in [7, 11) is 0. The standard InChI is InChI=1S/C19H15ClN4O2S2/c20-14-7-5-13(6-8-14)17(26)21-18-22-23-19(28-18)27-11-16(25)24-10-9-12-3-1-2-4-15(12)24/h1-8H,9-11H2,(H,21,22,26). The zero-order chi connectivity index (χ0) is 19.5. The van der Waals surface area contributed by atoms with Gasteiger partial charge in [0.1, 0.15) is 0 Å². The van der Waals surface area contributed by atoms with Crippen LogP contribution in [0.4, 0.5) is 10.8 Å². The predicted octanol–water partition coefficient (Wildman–Crippen LogP) is 4.13. The van der Waals surface area contributed by atoms with E-state index in [0.717, 1.165) is 12.1 Å². The third kappa shape index (κ3) is 4.19. The van der Waals surface area contributed by atoms with Gasteiger partial charge in [0.25, 0.3) is 5.91 Å². The largest absolute Gasteiger partial charge is 0.311 e. The van der Waals surface area contributed by atoms with Crippen LogP contribution in [-0.4, -0.2) is 34.3 Å². The molecule has 0 unspecified atom stereocenters. The lowest BCUT2D eigenvalue weighted by molar-refractivity contribution is -0.116. The van der Waals surface area contributed by atoms with E-state index in [1.165, 1.54) is 28.7 Å². The first-order chi connectivity index (χ1) is 13.6. The molecule has 2 amide bonds. The van der Waals surface area contributed by atoms with Crippen molar-refractivity contribution in [3.63, 3.8) is 0 Å². The van der Waals surface area contributed by atoms with Gasteiger partial charge in [-0.05, 0) is 42.3 Å². The molecule has 0 saturated carbocycles. The molecular formula is C19H15ClN4O2S2. The van der Waals surface area contributed by atoms with Crippen LogP contribution in [0.15, 0.2) is 52.9 Å². The van der Waals surface area contributed by atoms with Gasteiger partial charge in [0.2, 0.25) is 11.0 Å². The molecule has 4 rings (SSSR count). The molecule has 6 nitrogen and oxygen atoms in total. The van der Waals surface area contributed by atoms with Crippen molar-refractivity contribution in [1.82, 2.24) is 10.2 Å². The van der Waals surface area contributed by atoms with Gasteiger partial charge in [-0.3, -0.25) is 14.9 Å². The van der Waals surface area contributed by atoms with Gasteiger partial charge in [-0.2, -0.15) is 0 Å². The van der Waals surface area contributed by atoms with Crippen molar-refractivity contribution in [2.45, 2.75) is 10.8 Å². The highest BCUT2D eigenvalue weighted by Gasteiger charge is 2.24. The van der Waals surface area contributed by atoms with Crippen LogP contribution in [0.5, 0.6) is 0 Å². The van der Waals surface area contributed by atoms with E-state index in [9.17, 15) is 9.59 Å². The maximum Gasteiger partial charge on any atom is 0.257 e. The van der Waals surface area contributed by atoms with E-state index in [2.05, 4.69) is 21.6 Å². The summed E-state index contributed by atoms with van der Waals surface area (Å²) in [5, 5.41) is 11.7. The lowest BCUT2D eigenvalue weighted by Crippen LogP contribution is -2.30. The number of hydrogen-bond donors (Lipinski definition) is 1. The van der Waals surface area contributed by atoms with Crippen molar-refractivity contribution >= 4 is 57.3 Å². The van der Waals surface area contributed by atoms with Crippen LogP contribution < -0.4 is 10.2 Å². The molecule has 9 heteroatoms. The highest BCUT2D eigenvalue weighted by atomic mass is 35.5. The molecule has 1 N–H and O–H groups in total. The summed E-state index contributed by atoms with van der Waals surface area (Å²) < 4.78 is 0.632. The molecule has 3 aromatic rings. The molecular weight excluding hydrogens is 416 g/mol. The number of halogens is 1. The topological polar surface area (TPSA) is 75.2 Å². The normalized spacial score (nSPS) is 12.7. The van der Waals surface area contributed by atoms with Crippen LogP contribution >= 0.6 is 34.7 Å². The van der Waals surface area contributed by atoms with E-state index >= 15 is 0 Å². The molecule has 2 aromatic carbocycles. The highest BCUT2D eigenvalue weighted by molar-refractivity contribution is 8.01. The third-order valence-corrected chi connectivity index (χ3v) is 6.45. The Hall–Kier alpha value is -2.42. The number of amides is 2. The fourth-order valence-electron chi connectivity index (χ4n) is 2.89. The van der Waals surface area contributed by atoms with Crippen LogP contribution in [0.2, 0.25) is 5.02 Å². The average Bonchev–Trinajstić information content (AvgIpc) is 3.33. The van der Waals surface area contributed by atoms with E-state index in [4.69, 9.17) is 11.6 Å². The molecule has 2 heterocycles. The summed E-state index contributed by atoms with van der Waals surface area (Å²) in [5.41, 5.74) is 2.67. The van der Waals surface area contributed by atoms with Crippen LogP contribution in [0.1, 0.15) is 15.9 Å². The van der Waals surface area contributed by atoms with Crippen molar-refractivity contribution in [1.29, 1.82) is 0 Å². The second-order valence-electron chi connectivity index (χ2n) is 6.05. The SMILES string of the molecule is O=C(Nc1nnc(SCC(=O)N2CCc3ccccc32)s1)c1ccc(Cl)cc1. The summed E-state index contributed by atoms with van der Waals surface area (Å²) in [6.07, 6.45) is 0.881. The first kappa shape index (κ1) is 18.9. The highest BCUT2D eigenvalue weighted by Crippen LogP contribution is 2.30. The fraction of sp³-hybridized carbons (Fsp3) is 0.158. The van der Waals surface area contributed by atoms with Gasteiger partial charge in [0, 0.05) is 22.8 Å². The molecule has 28 heavy (non-hydrogen) atoms. The Morgan fingerprint density at radius 3 is 2.75 bits per heavy atom. The maximum absolute atomic E-state index is 12.6. The number of nitrogens with zero attached hydrogens (tertiary/aromatic N) is 3. The Balaban J connectivity index is 1.33. The molecule has 0 fully saturated rings. The van der Waals surface area contributed by atoms with Gasteiger partial charge in [-0.1, -0.05) is 52.9 Å². The minimum atomic E-state index is -0.283. The summed E-state index contributed by atoms with van der Waals surface area (Å²) in [5.74, 6) is 0.0275. The quantitative estimate of drug-likeness (QED) is 0.486. The van der Waals surface area contributed by atoms with Gasteiger partial charge in [-0.15, -0.1) is 10.2 Å². The number of benzene rings is 2. The Bertz CT molecular complexity index is 1020. The third-order valence-electron chi connectivity index (χ3n) is 4.24. The zero-order valence-electron chi connectivity index (χ0n) is 14.6. The smallest absolute Gasteiger partial charge is 0.257 e. The Labute approximate surface area is 174 Å². The average molecular weight is 431 g/mol. The number of carbonyl (C=O) groups is 2. The van der Waals surface area contributed by atoms with E-state index in [1.54, 1.807) is 24.3 Å². The fourth-order valence-corrected chi connectivity index (χ4v) is 4.64. The minimum absolute atomic E-state index is 0.0388. The summed E-state index contributed by atoms with van der Waals surface area (Å²) in [6.45, 7) is 0.706. The number of carbonyl (C=O) groups excluding carboxylic acids is 2. The number of hydrogen-bond acceptors (Lipinski definition) is 6. The van der Waals surface area contributed by atoms with Gasteiger partial charge in [0.05, 0.1) is 5.75 Å². The lowest BCUT2D eigenvalue weighted by Gasteiger charge is -2.16. The van der Waals surface area contributed by atoms with Crippen molar-refractivity contribution in [2.75, 3.05) is 22.5 Å². The van der Waals surface area contributed by atoms with Gasteiger partial charge < -0.3 is 4.90 Å². The molecule has 1 aliphatic heterocycles. The molecule has 142 valence electrons. The van der Waals surface area contributed by atoms with Crippen molar-refractivity contribution < 1.29 is 9.59 Å². The molecule has 1 aliphatic rings. The molecule has 0 radical (unpaired) electrons. The number of anilines is 2. The number of nitrogens with one attached hydrogen (secondary N) is 1. The van der Waals surface area contributed by atoms with Crippen molar-refractivity contribution in [3.8, 4) is 0 Å². The molecule has 0 spiro atoms. The molecule has 0 saturated heterocycles. The Morgan fingerprint density at radius 2 is 1.93 bits per heavy atom.